The van der Waals surface area contributed by atoms with E-state index in [2.05, 4.69) is 178 Å². The summed E-state index contributed by atoms with van der Waals surface area (Å²) in [5, 5.41) is 11.8. The number of amides is 2. The van der Waals surface area contributed by atoms with Gasteiger partial charge in [0.15, 0.2) is 0 Å². The van der Waals surface area contributed by atoms with Crippen molar-refractivity contribution in [1.82, 2.24) is 10.6 Å². The van der Waals surface area contributed by atoms with Crippen molar-refractivity contribution in [1.29, 1.82) is 0 Å². The van der Waals surface area contributed by atoms with Crippen LogP contribution in [0, 0.1) is 0 Å². The largest absolute Gasteiger partial charge is 0.353 e. The van der Waals surface area contributed by atoms with Gasteiger partial charge in [0.05, 0.1) is 86.0 Å². The summed E-state index contributed by atoms with van der Waals surface area (Å²) in [5.74, 6) is 0.307. The summed E-state index contributed by atoms with van der Waals surface area (Å²) in [6.45, 7) is 5.96. The van der Waals surface area contributed by atoms with E-state index in [0.29, 0.717) is 12.3 Å². The Morgan fingerprint density at radius 1 is 0.441 bits per heavy atom. The molecule has 6 nitrogen and oxygen atoms in total. The fourth-order valence-corrected chi connectivity index (χ4v) is 16.2. The van der Waals surface area contributed by atoms with E-state index in [1.165, 1.54) is 86.8 Å². The van der Waals surface area contributed by atoms with Crippen molar-refractivity contribution >= 4 is 71.3 Å². The van der Waals surface area contributed by atoms with Crippen LogP contribution in [0.5, 0.6) is 0 Å². The molecule has 0 radical (unpaired) electrons. The quantitative estimate of drug-likeness (QED) is 0.0486. The first kappa shape index (κ1) is 52.3. The van der Waals surface area contributed by atoms with Crippen molar-refractivity contribution in [3.63, 3.8) is 0 Å². The zero-order valence-corrected chi connectivity index (χ0v) is 39.6. The van der Waals surface area contributed by atoms with E-state index in [0.717, 1.165) is 57.5 Å². The first-order valence-electron chi connectivity index (χ1n) is 21.7. The lowest BCUT2D eigenvalue weighted by atomic mass is 10.1. The Hall–Kier alpha value is -2.82. The van der Waals surface area contributed by atoms with Crippen LogP contribution in [0.15, 0.2) is 121 Å². The maximum absolute atomic E-state index is 14.0. The van der Waals surface area contributed by atoms with Crippen LogP contribution in [0.25, 0.3) is 0 Å². The van der Waals surface area contributed by atoms with Gasteiger partial charge in [0.25, 0.3) is 11.8 Å². The fourth-order valence-electron chi connectivity index (χ4n) is 7.67. The zero-order valence-electron chi connectivity index (χ0n) is 36.3. The normalized spacial score (nSPS) is 11.1. The number of hydrogen-bond acceptors (Lipinski definition) is 4. The maximum Gasteiger partial charge on any atom is 0.258 e. The first-order valence-corrected chi connectivity index (χ1v) is 26.6. The third kappa shape index (κ3) is 19.6. The maximum atomic E-state index is 14.0. The second kappa shape index (κ2) is 32.9. The van der Waals surface area contributed by atoms with Gasteiger partial charge in [-0.05, 0) is 61.4 Å². The molecule has 2 N–H and O–H groups in total. The lowest BCUT2D eigenvalue weighted by Crippen LogP contribution is -2.38. The highest BCUT2D eigenvalue weighted by Gasteiger charge is 2.48. The minimum Gasteiger partial charge on any atom is -0.353 e. The average Bonchev–Trinajstić information content (AvgIpc) is 3.27. The molecule has 4 aromatic carbocycles. The number of nitrogens with one attached hydrogen (secondary N) is 2. The third-order valence-corrected chi connectivity index (χ3v) is 19.6. The van der Waals surface area contributed by atoms with Crippen LogP contribution >= 0.6 is 38.3 Å². The van der Waals surface area contributed by atoms with Gasteiger partial charge < -0.3 is 10.6 Å². The molecule has 0 saturated heterocycles. The Bertz CT molecular complexity index is 1420. The molecule has 0 fully saturated rings. The summed E-state index contributed by atoms with van der Waals surface area (Å²) in [5.41, 5.74) is 0. The van der Waals surface area contributed by atoms with E-state index in [9.17, 15) is 9.59 Å². The predicted octanol–water partition coefficient (Wildman–Crippen LogP) is 11.2. The van der Waals surface area contributed by atoms with Crippen LogP contribution in [0.2, 0.25) is 0 Å². The van der Waals surface area contributed by atoms with Crippen molar-refractivity contribution in [3.8, 4) is 0 Å². The molecular formula is C49H72Cl2N2O4P2+2. The highest BCUT2D eigenvalue weighted by Crippen LogP contribution is 2.61. The van der Waals surface area contributed by atoms with Crippen molar-refractivity contribution in [2.45, 2.75) is 97.3 Å². The van der Waals surface area contributed by atoms with Gasteiger partial charge in [0.1, 0.15) is 12.3 Å². The highest BCUT2D eigenvalue weighted by molar-refractivity contribution is 7.91. The molecule has 0 spiro atoms. The molecule has 0 bridgehead atoms. The molecule has 4 rings (SSSR count). The number of halogens is 2. The van der Waals surface area contributed by atoms with Gasteiger partial charge in [-0.2, -0.15) is 0 Å². The van der Waals surface area contributed by atoms with Gasteiger partial charge in [-0.1, -0.05) is 151 Å². The molecule has 4 aromatic rings. The summed E-state index contributed by atoms with van der Waals surface area (Å²) in [7, 11) is -1.54. The van der Waals surface area contributed by atoms with Gasteiger partial charge in [-0.3, -0.25) is 18.2 Å². The molecule has 0 heterocycles. The van der Waals surface area contributed by atoms with Crippen LogP contribution < -0.4 is 31.9 Å². The molecule has 0 atom stereocenters. The molecule has 0 aliphatic rings. The molecule has 2 amide bonds. The molecule has 0 unspecified atom stereocenters. The van der Waals surface area contributed by atoms with Crippen molar-refractivity contribution in [2.24, 2.45) is 0 Å². The van der Waals surface area contributed by atoms with Crippen LogP contribution in [-0.2, 0) is 18.2 Å². The van der Waals surface area contributed by atoms with Crippen LogP contribution in [0.3, 0.4) is 0 Å². The highest BCUT2D eigenvalue weighted by atomic mass is 35.5. The van der Waals surface area contributed by atoms with Gasteiger partial charge in [-0.25, -0.2) is 0 Å². The van der Waals surface area contributed by atoms with E-state index < -0.39 is 14.5 Å². The van der Waals surface area contributed by atoms with Crippen LogP contribution in [0.1, 0.15) is 97.3 Å². The summed E-state index contributed by atoms with van der Waals surface area (Å²) >= 11 is 9.00. The van der Waals surface area contributed by atoms with Crippen LogP contribution in [-0.4, -0.2) is 63.8 Å². The minimum atomic E-state index is -2.16. The van der Waals surface area contributed by atoms with E-state index in [1.807, 2.05) is 0 Å². The Morgan fingerprint density at radius 2 is 0.695 bits per heavy atom. The predicted molar refractivity (Wildman–Crippen MR) is 261 cm³/mol. The molecule has 0 aliphatic carbocycles. The standard InChI is InChI=1S/C47H64N2O2P2.2CH3ClO/c1-3-5-7-9-11-25-36-48-46(50)40-52(42-28-17-13-18-29-42,43-30-19-14-20-31-43)38-27-39-53(44-32-21-15-22-33-44,45-34-23-16-24-35-45)41-47(51)49-37-26-12-10-8-6-4-2;2*1-3-2/h13-24,28-35H,3-12,25-27,36-41H2,1-2H3;2*1H3/p+2. The number of rotatable bonds is 26. The number of benzene rings is 4. The summed E-state index contributed by atoms with van der Waals surface area (Å²) in [6, 6.07) is 43.3. The second-order valence-corrected chi connectivity index (χ2v) is 23.0. The number of unbranched alkanes of at least 4 members (excludes halogenated alkanes) is 10. The first-order chi connectivity index (χ1) is 28.9. The number of carbonyl (C=O) groups excluding carboxylic acids is 2. The molecular weight excluding hydrogens is 813 g/mol. The second-order valence-electron chi connectivity index (χ2n) is 14.9. The topological polar surface area (TPSA) is 76.7 Å². The summed E-state index contributed by atoms with van der Waals surface area (Å²) in [4.78, 5) is 27.9. The Kier molecular flexibility index (Phi) is 29.2. The Morgan fingerprint density at radius 3 is 0.966 bits per heavy atom. The molecule has 0 aliphatic heterocycles. The van der Waals surface area contributed by atoms with Gasteiger partial charge >= 0.3 is 0 Å². The lowest BCUT2D eigenvalue weighted by molar-refractivity contribution is -0.119. The van der Waals surface area contributed by atoms with E-state index >= 15 is 0 Å². The molecule has 0 aromatic heterocycles. The van der Waals surface area contributed by atoms with E-state index in [1.54, 1.807) is 0 Å². The molecule has 324 valence electrons. The fraction of sp³-hybridized carbons (Fsp3) is 0.469. The summed E-state index contributed by atoms with van der Waals surface area (Å²) < 4.78 is 7.44. The van der Waals surface area contributed by atoms with Gasteiger partial charge in [0.2, 0.25) is 0 Å². The van der Waals surface area contributed by atoms with Gasteiger partial charge in [0, 0.05) is 19.5 Å². The SMILES string of the molecule is CCCCCCCCNC(=O)C[P+](CCC[P+](CC(=O)NCCCCCCCC)(c1ccccc1)c1ccccc1)(c1ccccc1)c1ccccc1.COCl.COCl. The number of carbonyl (C=O) groups is 2. The Balaban J connectivity index is 0.00000188. The zero-order chi connectivity index (χ0) is 42.9. The summed E-state index contributed by atoms with van der Waals surface area (Å²) in [6.07, 6.45) is 18.2. The smallest absolute Gasteiger partial charge is 0.258 e. The molecule has 10 heteroatoms. The Labute approximate surface area is 369 Å². The van der Waals surface area contributed by atoms with Crippen molar-refractivity contribution in [3.05, 3.63) is 121 Å². The minimum absolute atomic E-state index is 0.154. The monoisotopic (exact) mass is 884 g/mol. The van der Waals surface area contributed by atoms with Crippen molar-refractivity contribution < 1.29 is 18.2 Å². The van der Waals surface area contributed by atoms with E-state index in [4.69, 9.17) is 0 Å². The average molecular weight is 886 g/mol. The lowest BCUT2D eigenvalue weighted by Gasteiger charge is -2.30. The van der Waals surface area contributed by atoms with E-state index in [-0.39, 0.29) is 11.8 Å². The third-order valence-electron chi connectivity index (χ3n) is 10.6. The number of hydrogen-bond donors (Lipinski definition) is 2. The van der Waals surface area contributed by atoms with Crippen molar-refractivity contribution in [2.75, 3.05) is 52.0 Å². The van der Waals surface area contributed by atoms with Crippen LogP contribution in [0.4, 0.5) is 0 Å². The molecule has 0 saturated carbocycles. The van der Waals surface area contributed by atoms with Gasteiger partial charge in [-0.15, -0.1) is 0 Å². The molecule has 59 heavy (non-hydrogen) atoms.